The Morgan fingerprint density at radius 1 is 1.25 bits per heavy atom. The van der Waals surface area contributed by atoms with Crippen molar-refractivity contribution in [3.8, 4) is 11.4 Å². The van der Waals surface area contributed by atoms with Crippen molar-refractivity contribution in [3.63, 3.8) is 0 Å². The van der Waals surface area contributed by atoms with E-state index in [1.807, 2.05) is 25.2 Å². The largest absolute Gasteiger partial charge is 0.373 e. The number of allylic oxidation sites excluding steroid dienone is 2. The quantitative estimate of drug-likeness (QED) is 0.827. The lowest BCUT2D eigenvalue weighted by atomic mass is 9.94. The topological polar surface area (TPSA) is 79.8 Å². The molecule has 2 aromatic rings. The number of carbonyl (C=O) groups excluding carboxylic acids is 1. The standard InChI is InChI=1S/C18H21N5O/c1-19-16-11-15(12-21-18(24)14-5-3-2-4-6-14)22-17(23-16)13-7-9-20-10-8-13/h2-3,7-11,14H,4-6,12H2,1H3,(H,21,24)(H,19,22,23)/t14-/m1/s1. The highest BCUT2D eigenvalue weighted by Crippen LogP contribution is 2.19. The van der Waals surface area contributed by atoms with E-state index in [2.05, 4.69) is 37.7 Å². The Hall–Kier alpha value is -2.76. The van der Waals surface area contributed by atoms with Crippen molar-refractivity contribution in [2.75, 3.05) is 12.4 Å². The summed E-state index contributed by atoms with van der Waals surface area (Å²) in [5, 5.41) is 6.04. The normalized spacial score (nSPS) is 16.6. The molecule has 0 unspecified atom stereocenters. The Morgan fingerprint density at radius 2 is 2.08 bits per heavy atom. The number of pyridine rings is 1. The Balaban J connectivity index is 1.73. The van der Waals surface area contributed by atoms with E-state index in [0.717, 1.165) is 36.3 Å². The molecular formula is C18H21N5O. The molecule has 24 heavy (non-hydrogen) atoms. The molecule has 0 spiro atoms. The summed E-state index contributed by atoms with van der Waals surface area (Å²) in [6.07, 6.45) is 10.3. The maximum absolute atomic E-state index is 12.3. The van der Waals surface area contributed by atoms with E-state index in [9.17, 15) is 4.79 Å². The highest BCUT2D eigenvalue weighted by atomic mass is 16.1. The molecule has 1 aliphatic rings. The van der Waals surface area contributed by atoms with Crippen molar-refractivity contribution in [1.82, 2.24) is 20.3 Å². The van der Waals surface area contributed by atoms with Gasteiger partial charge in [-0.25, -0.2) is 9.97 Å². The predicted octanol–water partition coefficient (Wildman–Crippen LogP) is 2.55. The number of carbonyl (C=O) groups is 1. The number of hydrogen-bond donors (Lipinski definition) is 2. The van der Waals surface area contributed by atoms with Crippen LogP contribution < -0.4 is 10.6 Å². The lowest BCUT2D eigenvalue weighted by Crippen LogP contribution is -2.31. The molecule has 1 aliphatic carbocycles. The van der Waals surface area contributed by atoms with E-state index >= 15 is 0 Å². The van der Waals surface area contributed by atoms with Gasteiger partial charge in [0, 0.05) is 37.0 Å². The summed E-state index contributed by atoms with van der Waals surface area (Å²) in [5.74, 6) is 1.51. The lowest BCUT2D eigenvalue weighted by molar-refractivity contribution is -0.125. The fourth-order valence-corrected chi connectivity index (χ4v) is 2.70. The summed E-state index contributed by atoms with van der Waals surface area (Å²) in [6.45, 7) is 0.397. The molecule has 0 radical (unpaired) electrons. The summed E-state index contributed by atoms with van der Waals surface area (Å²) in [6, 6.07) is 5.59. The highest BCUT2D eigenvalue weighted by molar-refractivity contribution is 5.79. The van der Waals surface area contributed by atoms with Gasteiger partial charge in [0.15, 0.2) is 5.82 Å². The van der Waals surface area contributed by atoms with Crippen molar-refractivity contribution in [2.24, 2.45) is 5.92 Å². The monoisotopic (exact) mass is 323 g/mol. The Labute approximate surface area is 141 Å². The maximum atomic E-state index is 12.3. The van der Waals surface area contributed by atoms with Gasteiger partial charge in [-0.05, 0) is 31.4 Å². The van der Waals surface area contributed by atoms with Crippen LogP contribution in [0.25, 0.3) is 11.4 Å². The summed E-state index contributed by atoms with van der Waals surface area (Å²) in [7, 11) is 1.81. The average molecular weight is 323 g/mol. The minimum absolute atomic E-state index is 0.0697. The molecule has 1 amide bonds. The van der Waals surface area contributed by atoms with Crippen LogP contribution in [0.2, 0.25) is 0 Å². The Kier molecular flexibility index (Phi) is 5.15. The first-order chi connectivity index (χ1) is 11.8. The van der Waals surface area contributed by atoms with Crippen molar-refractivity contribution in [3.05, 3.63) is 48.4 Å². The van der Waals surface area contributed by atoms with Crippen LogP contribution in [0.3, 0.4) is 0 Å². The number of amides is 1. The zero-order chi connectivity index (χ0) is 16.8. The first kappa shape index (κ1) is 16.1. The van der Waals surface area contributed by atoms with Gasteiger partial charge >= 0.3 is 0 Å². The average Bonchev–Trinajstić information content (AvgIpc) is 2.67. The Bertz CT molecular complexity index is 729. The fourth-order valence-electron chi connectivity index (χ4n) is 2.70. The van der Waals surface area contributed by atoms with Gasteiger partial charge in [0.2, 0.25) is 5.91 Å². The molecule has 0 fully saturated rings. The van der Waals surface area contributed by atoms with Crippen LogP contribution in [-0.4, -0.2) is 27.9 Å². The van der Waals surface area contributed by atoms with Crippen LogP contribution in [0.15, 0.2) is 42.7 Å². The van der Waals surface area contributed by atoms with Crippen LogP contribution in [-0.2, 0) is 11.3 Å². The molecule has 0 bridgehead atoms. The molecule has 1 atom stereocenters. The van der Waals surface area contributed by atoms with Gasteiger partial charge in [-0.3, -0.25) is 9.78 Å². The summed E-state index contributed by atoms with van der Waals surface area (Å²) in [4.78, 5) is 25.3. The number of aromatic nitrogens is 3. The first-order valence-corrected chi connectivity index (χ1v) is 8.15. The second kappa shape index (κ2) is 7.68. The number of rotatable bonds is 5. The number of anilines is 1. The van der Waals surface area contributed by atoms with Gasteiger partial charge in [0.25, 0.3) is 0 Å². The zero-order valence-corrected chi connectivity index (χ0v) is 13.7. The van der Waals surface area contributed by atoms with Crippen molar-refractivity contribution in [1.29, 1.82) is 0 Å². The van der Waals surface area contributed by atoms with E-state index in [-0.39, 0.29) is 11.8 Å². The van der Waals surface area contributed by atoms with E-state index in [1.54, 1.807) is 12.4 Å². The third-order valence-electron chi connectivity index (χ3n) is 4.06. The van der Waals surface area contributed by atoms with E-state index in [4.69, 9.17) is 0 Å². The first-order valence-electron chi connectivity index (χ1n) is 8.15. The van der Waals surface area contributed by atoms with E-state index in [1.165, 1.54) is 0 Å². The maximum Gasteiger partial charge on any atom is 0.223 e. The summed E-state index contributed by atoms with van der Waals surface area (Å²) in [5.41, 5.74) is 1.67. The zero-order valence-electron chi connectivity index (χ0n) is 13.7. The minimum atomic E-state index is 0.0697. The van der Waals surface area contributed by atoms with Crippen LogP contribution in [0, 0.1) is 5.92 Å². The van der Waals surface area contributed by atoms with Gasteiger partial charge in [0.05, 0.1) is 12.2 Å². The highest BCUT2D eigenvalue weighted by Gasteiger charge is 2.18. The van der Waals surface area contributed by atoms with Crippen LogP contribution in [0.4, 0.5) is 5.82 Å². The smallest absolute Gasteiger partial charge is 0.223 e. The summed E-state index contributed by atoms with van der Waals surface area (Å²) < 4.78 is 0. The van der Waals surface area contributed by atoms with Gasteiger partial charge < -0.3 is 10.6 Å². The van der Waals surface area contributed by atoms with Crippen molar-refractivity contribution in [2.45, 2.75) is 25.8 Å². The van der Waals surface area contributed by atoms with Crippen LogP contribution in [0.5, 0.6) is 0 Å². The second-order valence-electron chi connectivity index (χ2n) is 5.75. The molecule has 0 saturated heterocycles. The molecule has 6 nitrogen and oxygen atoms in total. The molecule has 0 saturated carbocycles. The van der Waals surface area contributed by atoms with E-state index < -0.39 is 0 Å². The van der Waals surface area contributed by atoms with Crippen LogP contribution in [0.1, 0.15) is 25.0 Å². The minimum Gasteiger partial charge on any atom is -0.373 e. The van der Waals surface area contributed by atoms with Gasteiger partial charge in [-0.15, -0.1) is 0 Å². The molecule has 2 heterocycles. The number of nitrogens with zero attached hydrogens (tertiary/aromatic N) is 3. The number of hydrogen-bond acceptors (Lipinski definition) is 5. The molecule has 2 aromatic heterocycles. The van der Waals surface area contributed by atoms with E-state index in [0.29, 0.717) is 12.4 Å². The molecule has 6 heteroatoms. The van der Waals surface area contributed by atoms with Gasteiger partial charge in [0.1, 0.15) is 5.82 Å². The second-order valence-corrected chi connectivity index (χ2v) is 5.75. The van der Waals surface area contributed by atoms with Gasteiger partial charge in [-0.2, -0.15) is 0 Å². The molecule has 2 N–H and O–H groups in total. The third-order valence-corrected chi connectivity index (χ3v) is 4.06. The lowest BCUT2D eigenvalue weighted by Gasteiger charge is -2.17. The fraction of sp³-hybridized carbons (Fsp3) is 0.333. The van der Waals surface area contributed by atoms with Crippen molar-refractivity contribution < 1.29 is 4.79 Å². The SMILES string of the molecule is CNc1cc(CNC(=O)[C@@H]2CC=CCC2)nc(-c2ccncc2)n1. The Morgan fingerprint density at radius 3 is 2.79 bits per heavy atom. The third kappa shape index (κ3) is 3.95. The molecule has 124 valence electrons. The van der Waals surface area contributed by atoms with Crippen LogP contribution >= 0.6 is 0 Å². The predicted molar refractivity (Wildman–Crippen MR) is 93.1 cm³/mol. The molecule has 3 rings (SSSR count). The molecule has 0 aliphatic heterocycles. The summed E-state index contributed by atoms with van der Waals surface area (Å²) >= 11 is 0. The van der Waals surface area contributed by atoms with Gasteiger partial charge in [-0.1, -0.05) is 12.2 Å². The molecular weight excluding hydrogens is 302 g/mol. The number of nitrogens with one attached hydrogen (secondary N) is 2. The van der Waals surface area contributed by atoms with Crippen molar-refractivity contribution >= 4 is 11.7 Å². The molecule has 0 aromatic carbocycles.